The second-order valence-electron chi connectivity index (χ2n) is 6.26. The van der Waals surface area contributed by atoms with E-state index < -0.39 is 17.0 Å². The van der Waals surface area contributed by atoms with E-state index in [0.29, 0.717) is 17.6 Å². The summed E-state index contributed by atoms with van der Waals surface area (Å²) in [5.41, 5.74) is -0.628. The van der Waals surface area contributed by atoms with Gasteiger partial charge in [-0.3, -0.25) is 4.79 Å². The first-order valence-electron chi connectivity index (χ1n) is 7.19. The van der Waals surface area contributed by atoms with Crippen LogP contribution in [0, 0.1) is 5.41 Å². The highest BCUT2D eigenvalue weighted by Gasteiger charge is 2.46. The quantitative estimate of drug-likeness (QED) is 0.603. The molecule has 0 aromatic heterocycles. The third-order valence-corrected chi connectivity index (χ3v) is 4.01. The molecule has 0 aliphatic heterocycles. The van der Waals surface area contributed by atoms with Crippen molar-refractivity contribution in [3.05, 3.63) is 35.5 Å². The number of hydrogen-bond acceptors (Lipinski definition) is 3. The van der Waals surface area contributed by atoms with Gasteiger partial charge in [-0.25, -0.2) is 4.79 Å². The number of carboxylic acids is 1. The van der Waals surface area contributed by atoms with Crippen molar-refractivity contribution in [2.75, 3.05) is 0 Å². The highest BCUT2D eigenvalue weighted by Crippen LogP contribution is 2.44. The molecule has 1 unspecified atom stereocenters. The summed E-state index contributed by atoms with van der Waals surface area (Å²) in [4.78, 5) is 22.5. The van der Waals surface area contributed by atoms with Crippen LogP contribution in [0.3, 0.4) is 0 Å². The minimum atomic E-state index is -1.24. The van der Waals surface area contributed by atoms with Crippen LogP contribution in [-0.4, -0.2) is 27.6 Å². The number of carboxylic acid groups (broad SMARTS) is 1. The highest BCUT2D eigenvalue weighted by atomic mass is 16.4. The molecule has 2 N–H and O–H groups in total. The van der Waals surface area contributed by atoms with Crippen LogP contribution >= 0.6 is 0 Å². The number of hydrogen-bond donors (Lipinski definition) is 2. The van der Waals surface area contributed by atoms with Crippen LogP contribution in [0.25, 0.3) is 0 Å². The Morgan fingerprint density at radius 3 is 2.52 bits per heavy atom. The number of ketones is 1. The van der Waals surface area contributed by atoms with Crippen molar-refractivity contribution in [1.82, 2.24) is 0 Å². The molecule has 116 valence electrons. The first-order chi connectivity index (χ1) is 9.62. The van der Waals surface area contributed by atoms with Gasteiger partial charge >= 0.3 is 5.97 Å². The standard InChI is InChI=1S/C17H24O4/c1-5-6-13(10-15(19)20)7-8-17(21)12(2)9-14(18)11-16(17,3)4/h7-10,21H,5-6,11H2,1-4H3,(H,19,20)/b8-7+,13-10-. The Kier molecular flexibility index (Phi) is 5.29. The summed E-state index contributed by atoms with van der Waals surface area (Å²) in [6, 6.07) is 0. The molecule has 1 aliphatic rings. The molecule has 0 heterocycles. The van der Waals surface area contributed by atoms with Crippen LogP contribution in [0.1, 0.15) is 47.0 Å². The number of rotatable bonds is 5. The van der Waals surface area contributed by atoms with Crippen LogP contribution in [0.4, 0.5) is 0 Å². The Morgan fingerprint density at radius 1 is 1.43 bits per heavy atom. The van der Waals surface area contributed by atoms with Crippen LogP contribution in [0.15, 0.2) is 35.5 Å². The number of carbonyl (C=O) groups is 2. The third kappa shape index (κ3) is 3.91. The number of carbonyl (C=O) groups excluding carboxylic acids is 1. The molecular formula is C17H24O4. The van der Waals surface area contributed by atoms with E-state index in [1.165, 1.54) is 6.08 Å². The summed E-state index contributed by atoms with van der Waals surface area (Å²) in [6.07, 6.45) is 7.61. The third-order valence-electron chi connectivity index (χ3n) is 4.01. The zero-order valence-electron chi connectivity index (χ0n) is 13.1. The van der Waals surface area contributed by atoms with Crippen molar-refractivity contribution < 1.29 is 19.8 Å². The lowest BCUT2D eigenvalue weighted by atomic mass is 9.64. The van der Waals surface area contributed by atoms with E-state index in [9.17, 15) is 14.7 Å². The average Bonchev–Trinajstić information content (AvgIpc) is 2.32. The fourth-order valence-corrected chi connectivity index (χ4v) is 2.74. The Balaban J connectivity index is 3.17. The predicted octanol–water partition coefficient (Wildman–Crippen LogP) is 3.03. The van der Waals surface area contributed by atoms with Crippen molar-refractivity contribution in [3.63, 3.8) is 0 Å². The van der Waals surface area contributed by atoms with Gasteiger partial charge in [0.1, 0.15) is 5.60 Å². The maximum atomic E-state index is 11.7. The molecule has 0 bridgehead atoms. The maximum Gasteiger partial charge on any atom is 0.328 e. The van der Waals surface area contributed by atoms with Crippen molar-refractivity contribution in [2.45, 2.75) is 52.6 Å². The lowest BCUT2D eigenvalue weighted by Crippen LogP contribution is -2.48. The Labute approximate surface area is 125 Å². The maximum absolute atomic E-state index is 11.7. The van der Waals surface area contributed by atoms with Gasteiger partial charge < -0.3 is 10.2 Å². The molecule has 1 aliphatic carbocycles. The van der Waals surface area contributed by atoms with Crippen LogP contribution < -0.4 is 0 Å². The lowest BCUT2D eigenvalue weighted by molar-refractivity contribution is -0.131. The molecule has 1 rings (SSSR count). The molecule has 4 nitrogen and oxygen atoms in total. The Hall–Kier alpha value is -1.68. The zero-order valence-corrected chi connectivity index (χ0v) is 13.1. The van der Waals surface area contributed by atoms with E-state index in [1.807, 2.05) is 20.8 Å². The second kappa shape index (κ2) is 6.39. The summed E-state index contributed by atoms with van der Waals surface area (Å²) in [5, 5.41) is 19.8. The van der Waals surface area contributed by atoms with Crippen molar-refractivity contribution >= 4 is 11.8 Å². The molecular weight excluding hydrogens is 268 g/mol. The fraction of sp³-hybridized carbons (Fsp3) is 0.529. The molecule has 0 saturated heterocycles. The largest absolute Gasteiger partial charge is 0.478 e. The van der Waals surface area contributed by atoms with E-state index >= 15 is 0 Å². The number of aliphatic carboxylic acids is 1. The van der Waals surface area contributed by atoms with E-state index in [0.717, 1.165) is 12.5 Å². The van der Waals surface area contributed by atoms with Crippen molar-refractivity contribution in [3.8, 4) is 0 Å². The van der Waals surface area contributed by atoms with Crippen molar-refractivity contribution in [2.24, 2.45) is 5.41 Å². The molecule has 0 fully saturated rings. The smallest absolute Gasteiger partial charge is 0.328 e. The first kappa shape index (κ1) is 17.4. The minimum Gasteiger partial charge on any atom is -0.478 e. The summed E-state index contributed by atoms with van der Waals surface area (Å²) in [5.74, 6) is -0.995. The molecule has 0 radical (unpaired) electrons. The van der Waals surface area contributed by atoms with Crippen LogP contribution in [0.5, 0.6) is 0 Å². The van der Waals surface area contributed by atoms with Crippen molar-refractivity contribution in [1.29, 1.82) is 0 Å². The Bertz CT molecular complexity index is 523. The van der Waals surface area contributed by atoms with Gasteiger partial charge in [-0.1, -0.05) is 33.3 Å². The number of allylic oxidation sites excluding steroid dienone is 3. The molecule has 0 aromatic carbocycles. The van der Waals surface area contributed by atoms with Crippen LogP contribution in [0.2, 0.25) is 0 Å². The zero-order chi connectivity index (χ0) is 16.3. The van der Waals surface area contributed by atoms with Gasteiger partial charge in [0.05, 0.1) is 0 Å². The van der Waals surface area contributed by atoms with Crippen LogP contribution in [-0.2, 0) is 9.59 Å². The topological polar surface area (TPSA) is 74.6 Å². The van der Waals surface area contributed by atoms with Gasteiger partial charge in [0, 0.05) is 17.9 Å². The summed E-state index contributed by atoms with van der Waals surface area (Å²) >= 11 is 0. The summed E-state index contributed by atoms with van der Waals surface area (Å²) in [6.45, 7) is 7.37. The van der Waals surface area contributed by atoms with E-state index in [1.54, 1.807) is 19.1 Å². The number of aliphatic hydroxyl groups is 1. The molecule has 1 atom stereocenters. The normalized spacial score (nSPS) is 26.0. The average molecular weight is 292 g/mol. The molecule has 4 heteroatoms. The van der Waals surface area contributed by atoms with Gasteiger partial charge in [-0.2, -0.15) is 0 Å². The highest BCUT2D eigenvalue weighted by molar-refractivity contribution is 5.92. The lowest BCUT2D eigenvalue weighted by Gasteiger charge is -2.44. The second-order valence-corrected chi connectivity index (χ2v) is 6.26. The summed E-state index contributed by atoms with van der Waals surface area (Å²) in [7, 11) is 0. The fourth-order valence-electron chi connectivity index (χ4n) is 2.74. The van der Waals surface area contributed by atoms with Gasteiger partial charge in [0.25, 0.3) is 0 Å². The molecule has 0 aromatic rings. The SMILES string of the molecule is CCCC(=C/C(=O)O)/C=C/C1(O)C(C)=CC(=O)CC1(C)C. The predicted molar refractivity (Wildman–Crippen MR) is 81.9 cm³/mol. The molecule has 21 heavy (non-hydrogen) atoms. The van der Waals surface area contributed by atoms with E-state index in [4.69, 9.17) is 5.11 Å². The van der Waals surface area contributed by atoms with Gasteiger partial charge in [-0.05, 0) is 36.6 Å². The Morgan fingerprint density at radius 2 is 2.05 bits per heavy atom. The molecule has 0 amide bonds. The van der Waals surface area contributed by atoms with E-state index in [-0.39, 0.29) is 12.2 Å². The van der Waals surface area contributed by atoms with Gasteiger partial charge in [0.15, 0.2) is 5.78 Å². The molecule has 0 saturated carbocycles. The minimum absolute atomic E-state index is 0.00503. The monoisotopic (exact) mass is 292 g/mol. The van der Waals surface area contributed by atoms with E-state index in [2.05, 4.69) is 0 Å². The first-order valence-corrected chi connectivity index (χ1v) is 7.19. The molecule has 0 spiro atoms. The summed E-state index contributed by atoms with van der Waals surface area (Å²) < 4.78 is 0. The van der Waals surface area contributed by atoms with Gasteiger partial charge in [-0.15, -0.1) is 0 Å². The van der Waals surface area contributed by atoms with Gasteiger partial charge in [0.2, 0.25) is 0 Å².